The van der Waals surface area contributed by atoms with Crippen molar-refractivity contribution in [1.82, 2.24) is 4.90 Å². The molecule has 8 nitrogen and oxygen atoms in total. The average Bonchev–Trinajstić information content (AvgIpc) is 3.45. The Balaban J connectivity index is 1.73. The Morgan fingerprint density at radius 2 is 1.88 bits per heavy atom. The fraction of sp³-hybridized carbons (Fsp3) is 0.389. The van der Waals surface area contributed by atoms with E-state index >= 15 is 0 Å². The summed E-state index contributed by atoms with van der Waals surface area (Å²) in [5.41, 5.74) is 1.64. The van der Waals surface area contributed by atoms with Crippen LogP contribution in [0, 0.1) is 5.92 Å². The van der Waals surface area contributed by atoms with Crippen LogP contribution in [0.1, 0.15) is 12.8 Å². The Hall–Kier alpha value is -2.87. The van der Waals surface area contributed by atoms with Crippen LogP contribution < -0.4 is 10.6 Å². The van der Waals surface area contributed by atoms with E-state index in [0.717, 1.165) is 12.8 Å². The molecule has 8 heteroatoms. The van der Waals surface area contributed by atoms with Crippen LogP contribution in [0.5, 0.6) is 0 Å². The summed E-state index contributed by atoms with van der Waals surface area (Å²) >= 11 is 0. The Bertz CT molecular complexity index is 753. The summed E-state index contributed by atoms with van der Waals surface area (Å²) < 4.78 is 4.74. The van der Waals surface area contributed by atoms with Crippen molar-refractivity contribution in [2.45, 2.75) is 12.8 Å². The van der Waals surface area contributed by atoms with Gasteiger partial charge < -0.3 is 25.4 Å². The first-order valence-corrected chi connectivity index (χ1v) is 8.43. The third-order valence-electron chi connectivity index (χ3n) is 4.32. The molecule has 0 spiro atoms. The number of nitrogens with one attached hydrogen (secondary N) is 2. The number of esters is 1. The molecular weight excluding hydrogens is 338 g/mol. The monoisotopic (exact) mass is 359 g/mol. The van der Waals surface area contributed by atoms with E-state index in [2.05, 4.69) is 10.6 Å². The van der Waals surface area contributed by atoms with E-state index in [9.17, 15) is 14.4 Å². The highest BCUT2D eigenvalue weighted by molar-refractivity contribution is 6.08. The van der Waals surface area contributed by atoms with Gasteiger partial charge in [-0.2, -0.15) is 0 Å². The molecule has 1 saturated carbocycles. The van der Waals surface area contributed by atoms with Crippen LogP contribution in [0.25, 0.3) is 0 Å². The summed E-state index contributed by atoms with van der Waals surface area (Å²) in [6.07, 6.45) is 1.87. The van der Waals surface area contributed by atoms with Gasteiger partial charge in [0.05, 0.1) is 25.8 Å². The van der Waals surface area contributed by atoms with Gasteiger partial charge in [0.2, 0.25) is 5.91 Å². The molecule has 1 aliphatic carbocycles. The molecule has 1 aromatic carbocycles. The quantitative estimate of drug-likeness (QED) is 0.619. The van der Waals surface area contributed by atoms with Crippen molar-refractivity contribution in [2.75, 3.05) is 37.4 Å². The molecule has 0 aromatic heterocycles. The number of aliphatic hydroxyl groups excluding tert-OH is 1. The number of methoxy groups -OCH3 is 1. The number of hydrogen-bond donors (Lipinski definition) is 3. The lowest BCUT2D eigenvalue weighted by Gasteiger charge is -2.15. The van der Waals surface area contributed by atoms with E-state index in [1.54, 1.807) is 24.3 Å². The average molecular weight is 359 g/mol. The zero-order valence-electron chi connectivity index (χ0n) is 14.4. The van der Waals surface area contributed by atoms with Crippen LogP contribution in [0.15, 0.2) is 35.5 Å². The zero-order valence-corrected chi connectivity index (χ0v) is 14.4. The zero-order chi connectivity index (χ0) is 18.7. The van der Waals surface area contributed by atoms with Crippen LogP contribution in [0.2, 0.25) is 0 Å². The smallest absolute Gasteiger partial charge is 0.337 e. The molecule has 138 valence electrons. The van der Waals surface area contributed by atoms with Crippen LogP contribution in [-0.2, 0) is 19.1 Å². The number of amides is 2. The number of carbonyl (C=O) groups excluding carboxylic acids is 3. The van der Waals surface area contributed by atoms with Gasteiger partial charge in [-0.3, -0.25) is 9.59 Å². The van der Waals surface area contributed by atoms with Gasteiger partial charge in [-0.1, -0.05) is 0 Å². The largest absolute Gasteiger partial charge is 0.466 e. The number of rotatable bonds is 7. The highest BCUT2D eigenvalue weighted by atomic mass is 16.5. The molecular formula is C18H21N3O5. The number of benzene rings is 1. The molecule has 1 fully saturated rings. The van der Waals surface area contributed by atoms with Gasteiger partial charge in [-0.25, -0.2) is 4.79 Å². The summed E-state index contributed by atoms with van der Waals surface area (Å²) in [7, 11) is 1.25. The van der Waals surface area contributed by atoms with Crippen molar-refractivity contribution in [1.29, 1.82) is 0 Å². The molecule has 2 amide bonds. The van der Waals surface area contributed by atoms with Gasteiger partial charge >= 0.3 is 5.97 Å². The lowest BCUT2D eigenvalue weighted by Crippen LogP contribution is -2.31. The summed E-state index contributed by atoms with van der Waals surface area (Å²) in [4.78, 5) is 37.5. The van der Waals surface area contributed by atoms with E-state index in [1.807, 2.05) is 0 Å². The van der Waals surface area contributed by atoms with E-state index in [4.69, 9.17) is 9.84 Å². The van der Waals surface area contributed by atoms with Crippen molar-refractivity contribution in [2.24, 2.45) is 5.92 Å². The van der Waals surface area contributed by atoms with Crippen molar-refractivity contribution < 1.29 is 24.2 Å². The Morgan fingerprint density at radius 1 is 1.23 bits per heavy atom. The van der Waals surface area contributed by atoms with E-state index in [-0.39, 0.29) is 48.7 Å². The number of nitrogens with zero attached hydrogens (tertiary/aromatic N) is 1. The third-order valence-corrected chi connectivity index (χ3v) is 4.32. The Labute approximate surface area is 150 Å². The first-order valence-electron chi connectivity index (χ1n) is 8.43. The molecule has 3 rings (SSSR count). The van der Waals surface area contributed by atoms with E-state index in [0.29, 0.717) is 11.4 Å². The number of anilines is 2. The molecule has 0 radical (unpaired) electrons. The van der Waals surface area contributed by atoms with Gasteiger partial charge in [0.15, 0.2) is 0 Å². The van der Waals surface area contributed by atoms with Crippen LogP contribution in [-0.4, -0.2) is 54.6 Å². The number of aliphatic hydroxyl groups is 1. The van der Waals surface area contributed by atoms with Crippen molar-refractivity contribution in [3.63, 3.8) is 0 Å². The van der Waals surface area contributed by atoms with Crippen LogP contribution in [0.3, 0.4) is 0 Å². The molecule has 1 aromatic rings. The molecule has 26 heavy (non-hydrogen) atoms. The summed E-state index contributed by atoms with van der Waals surface area (Å²) in [5, 5.41) is 14.9. The van der Waals surface area contributed by atoms with Crippen molar-refractivity contribution in [3.05, 3.63) is 35.5 Å². The first-order chi connectivity index (χ1) is 12.5. The van der Waals surface area contributed by atoms with Crippen molar-refractivity contribution >= 4 is 29.2 Å². The van der Waals surface area contributed by atoms with E-state index < -0.39 is 5.97 Å². The predicted octanol–water partition coefficient (Wildman–Crippen LogP) is 0.709. The Kier molecular flexibility index (Phi) is 5.22. The fourth-order valence-electron chi connectivity index (χ4n) is 2.72. The van der Waals surface area contributed by atoms with Gasteiger partial charge in [-0.05, 0) is 37.1 Å². The maximum absolute atomic E-state index is 12.5. The summed E-state index contributed by atoms with van der Waals surface area (Å²) in [5.74, 6) is -0.818. The second-order valence-corrected chi connectivity index (χ2v) is 6.26. The SMILES string of the molecule is COC(=O)C1=C(Nc2ccc(NC(=O)C3CC3)cc2)C(=O)N(CCO)C1. The molecule has 1 aliphatic heterocycles. The third kappa shape index (κ3) is 3.85. The second-order valence-electron chi connectivity index (χ2n) is 6.26. The molecule has 0 atom stereocenters. The number of ether oxygens (including phenoxy) is 1. The van der Waals surface area contributed by atoms with Gasteiger partial charge in [0, 0.05) is 23.8 Å². The lowest BCUT2D eigenvalue weighted by molar-refractivity contribution is -0.136. The summed E-state index contributed by atoms with van der Waals surface area (Å²) in [6, 6.07) is 6.89. The topological polar surface area (TPSA) is 108 Å². The van der Waals surface area contributed by atoms with Gasteiger partial charge in [0.25, 0.3) is 5.91 Å². The van der Waals surface area contributed by atoms with Crippen molar-refractivity contribution in [3.8, 4) is 0 Å². The molecule has 1 heterocycles. The molecule has 0 saturated heterocycles. The minimum absolute atomic E-state index is 0.0204. The normalized spacial score (nSPS) is 16.7. The molecule has 3 N–H and O–H groups in total. The van der Waals surface area contributed by atoms with Gasteiger partial charge in [-0.15, -0.1) is 0 Å². The standard InChI is InChI=1S/C18H21N3O5/c1-26-18(25)14-10-21(8-9-22)17(24)15(14)19-12-4-6-13(7-5-12)20-16(23)11-2-3-11/h4-7,11,19,22H,2-3,8-10H2,1H3,(H,20,23). The van der Waals surface area contributed by atoms with E-state index in [1.165, 1.54) is 12.0 Å². The molecule has 0 bridgehead atoms. The number of carbonyl (C=O) groups is 3. The van der Waals surface area contributed by atoms with Gasteiger partial charge in [0.1, 0.15) is 5.70 Å². The minimum Gasteiger partial charge on any atom is -0.466 e. The molecule has 0 unspecified atom stereocenters. The summed E-state index contributed by atoms with van der Waals surface area (Å²) in [6.45, 7) is 0.0312. The molecule has 2 aliphatic rings. The van der Waals surface area contributed by atoms with Crippen LogP contribution >= 0.6 is 0 Å². The Morgan fingerprint density at radius 3 is 2.46 bits per heavy atom. The highest BCUT2D eigenvalue weighted by Crippen LogP contribution is 2.30. The first kappa shape index (κ1) is 17.9. The maximum atomic E-state index is 12.5. The lowest BCUT2D eigenvalue weighted by atomic mass is 10.2. The number of hydrogen-bond acceptors (Lipinski definition) is 6. The minimum atomic E-state index is -0.588. The van der Waals surface area contributed by atoms with Crippen LogP contribution in [0.4, 0.5) is 11.4 Å². The second kappa shape index (κ2) is 7.57. The highest BCUT2D eigenvalue weighted by Gasteiger charge is 2.34. The maximum Gasteiger partial charge on any atom is 0.337 e. The predicted molar refractivity (Wildman–Crippen MR) is 94.1 cm³/mol. The number of β-amino-alcohol motifs (C(OH)–C–C–N with tert-alkyl or cyclic N) is 1. The fourth-order valence-corrected chi connectivity index (χ4v) is 2.72.